The van der Waals surface area contributed by atoms with E-state index in [0.717, 1.165) is 25.5 Å². The predicted molar refractivity (Wildman–Crippen MR) is 46.6 cm³/mol. The molecule has 1 heterocycles. The third kappa shape index (κ3) is 2.49. The highest BCUT2D eigenvalue weighted by molar-refractivity contribution is 6.59. The Morgan fingerprint density at radius 3 is 2.00 bits per heavy atom. The molecule has 0 saturated carbocycles. The monoisotopic (exact) mass is 156 g/mol. The maximum atomic E-state index is 8.90. The number of rotatable bonds is 1. The summed E-state index contributed by atoms with van der Waals surface area (Å²) in [6.45, 7) is 4.61. The topological polar surface area (TPSA) is 40.5 Å². The van der Waals surface area contributed by atoms with Gasteiger partial charge in [-0.3, -0.25) is 0 Å². The average molecular weight is 156 g/mol. The van der Waals surface area contributed by atoms with Crippen LogP contribution in [0.15, 0.2) is 0 Å². The van der Waals surface area contributed by atoms with Crippen LogP contribution in [0.3, 0.4) is 0 Å². The molecule has 2 nitrogen and oxygen atoms in total. The first kappa shape index (κ1) is 9.08. The van der Waals surface area contributed by atoms with Crippen molar-refractivity contribution in [3.63, 3.8) is 0 Å². The van der Waals surface area contributed by atoms with Crippen molar-refractivity contribution >= 4 is 6.71 Å². The first-order valence-corrected chi connectivity index (χ1v) is 4.37. The Labute approximate surface area is 68.7 Å². The van der Waals surface area contributed by atoms with Gasteiger partial charge in [-0.2, -0.15) is 0 Å². The molecule has 0 bridgehead atoms. The van der Waals surface area contributed by atoms with Gasteiger partial charge in [0, 0.05) is 0 Å². The van der Waals surface area contributed by atoms with Gasteiger partial charge in [0.2, 0.25) is 6.71 Å². The van der Waals surface area contributed by atoms with E-state index < -0.39 is 6.19 Å². The lowest BCUT2D eigenvalue weighted by Gasteiger charge is -2.33. The van der Waals surface area contributed by atoms with Gasteiger partial charge in [-0.05, 0) is 5.41 Å². The van der Waals surface area contributed by atoms with Gasteiger partial charge in [0.15, 0.2) is 0 Å². The van der Waals surface area contributed by atoms with Crippen LogP contribution < -0.4 is 0 Å². The normalized spacial score (nSPS) is 24.3. The molecule has 64 valence electrons. The zero-order valence-electron chi connectivity index (χ0n) is 7.38. The van der Waals surface area contributed by atoms with Gasteiger partial charge in [-0.25, -0.2) is 0 Å². The minimum atomic E-state index is -1.09. The molecule has 0 aliphatic carbocycles. The lowest BCUT2D eigenvalue weighted by molar-refractivity contribution is 0.0229. The molecule has 0 aromatic carbocycles. The maximum Gasteiger partial charge on any atom is 0.210 e. The van der Waals surface area contributed by atoms with E-state index in [1.54, 1.807) is 0 Å². The quantitative estimate of drug-likeness (QED) is 0.441. The molecular formula is C8H17BO2. The van der Waals surface area contributed by atoms with Crippen molar-refractivity contribution < 1.29 is 10.2 Å². The molecule has 1 aliphatic rings. The fourth-order valence-corrected chi connectivity index (χ4v) is 1.72. The second-order valence-corrected chi connectivity index (χ2v) is 4.42. The molecule has 0 aromatic rings. The van der Waals surface area contributed by atoms with Gasteiger partial charge in [0.25, 0.3) is 0 Å². The summed E-state index contributed by atoms with van der Waals surface area (Å²) in [6, 6.07) is 0. The Hall–Kier alpha value is -0.0151. The summed E-state index contributed by atoms with van der Waals surface area (Å²) in [5, 5.41) is 17.8. The highest BCUT2D eigenvalue weighted by Gasteiger charge is 2.32. The Balaban J connectivity index is 2.36. The third-order valence-corrected chi connectivity index (χ3v) is 2.81. The molecule has 0 amide bonds. The van der Waals surface area contributed by atoms with Crippen molar-refractivity contribution in [1.82, 2.24) is 0 Å². The molecule has 11 heavy (non-hydrogen) atoms. The highest BCUT2D eigenvalue weighted by atomic mass is 16.5. The Morgan fingerprint density at radius 2 is 1.64 bits per heavy atom. The van der Waals surface area contributed by atoms with Crippen LogP contribution in [0.25, 0.3) is 0 Å². The zero-order chi connectivity index (χ0) is 8.48. The van der Waals surface area contributed by atoms with E-state index in [-0.39, 0.29) is 6.71 Å². The van der Waals surface area contributed by atoms with Gasteiger partial charge < -0.3 is 10.2 Å². The molecule has 3 heteroatoms. The smallest absolute Gasteiger partial charge is 0.210 e. The maximum absolute atomic E-state index is 8.90. The molecule has 1 fully saturated rings. The van der Waals surface area contributed by atoms with E-state index in [9.17, 15) is 0 Å². The van der Waals surface area contributed by atoms with E-state index in [1.165, 1.54) is 0 Å². The van der Waals surface area contributed by atoms with Gasteiger partial charge in [0.1, 0.15) is 6.19 Å². The zero-order valence-corrected chi connectivity index (χ0v) is 7.38. The van der Waals surface area contributed by atoms with Crippen molar-refractivity contribution in [2.45, 2.75) is 45.5 Å². The van der Waals surface area contributed by atoms with Crippen LogP contribution in [0.5, 0.6) is 0 Å². The minimum Gasteiger partial charge on any atom is -0.376 e. The Kier molecular flexibility index (Phi) is 2.60. The summed E-state index contributed by atoms with van der Waals surface area (Å²) < 4.78 is 0. The summed E-state index contributed by atoms with van der Waals surface area (Å²) in [7, 11) is 0. The predicted octanol–water partition coefficient (Wildman–Crippen LogP) is 1.15. The largest absolute Gasteiger partial charge is 0.376 e. The van der Waals surface area contributed by atoms with Crippen LogP contribution in [-0.2, 0) is 0 Å². The summed E-state index contributed by atoms with van der Waals surface area (Å²) in [5.74, 6) is 0. The Bertz CT molecular complexity index is 124. The average Bonchev–Trinajstić information content (AvgIpc) is 1.86. The van der Waals surface area contributed by atoms with E-state index in [4.69, 9.17) is 10.2 Å². The summed E-state index contributed by atoms with van der Waals surface area (Å²) in [4.78, 5) is 0. The lowest BCUT2D eigenvalue weighted by Crippen LogP contribution is -2.36. The van der Waals surface area contributed by atoms with Crippen molar-refractivity contribution in [3.8, 4) is 0 Å². The number of hydrogen-bond donors (Lipinski definition) is 2. The SMILES string of the molecule is CC1(C)CCB(C(O)O)CC1. The van der Waals surface area contributed by atoms with E-state index in [1.807, 2.05) is 0 Å². The van der Waals surface area contributed by atoms with E-state index >= 15 is 0 Å². The molecular weight excluding hydrogens is 139 g/mol. The standard InChI is InChI=1S/C8H17BO2/c1-8(2)3-5-9(6-4-8)7(10)11/h7,10-11H,3-6H2,1-2H3. The minimum absolute atomic E-state index is 0.128. The van der Waals surface area contributed by atoms with Crippen molar-refractivity contribution in [1.29, 1.82) is 0 Å². The van der Waals surface area contributed by atoms with Crippen molar-refractivity contribution in [2.75, 3.05) is 0 Å². The molecule has 0 aromatic heterocycles. The number of aliphatic hydroxyl groups is 2. The van der Waals surface area contributed by atoms with E-state index in [2.05, 4.69) is 13.8 Å². The molecule has 1 rings (SSSR count). The van der Waals surface area contributed by atoms with Crippen LogP contribution in [0.4, 0.5) is 0 Å². The second-order valence-electron chi connectivity index (χ2n) is 4.42. The summed E-state index contributed by atoms with van der Waals surface area (Å²) >= 11 is 0. The first-order chi connectivity index (χ1) is 5.01. The molecule has 1 aliphatic heterocycles. The molecule has 0 radical (unpaired) electrons. The molecule has 0 unspecified atom stereocenters. The van der Waals surface area contributed by atoms with Gasteiger partial charge in [-0.15, -0.1) is 0 Å². The lowest BCUT2D eigenvalue weighted by atomic mass is 9.38. The van der Waals surface area contributed by atoms with Gasteiger partial charge in [-0.1, -0.05) is 39.3 Å². The van der Waals surface area contributed by atoms with Crippen molar-refractivity contribution in [2.24, 2.45) is 5.41 Å². The van der Waals surface area contributed by atoms with Crippen LogP contribution in [0.1, 0.15) is 26.7 Å². The molecule has 2 N–H and O–H groups in total. The second kappa shape index (κ2) is 3.15. The summed E-state index contributed by atoms with van der Waals surface area (Å²) in [5.41, 5.74) is 0.422. The number of aliphatic hydroxyl groups excluding tert-OH is 1. The van der Waals surface area contributed by atoms with E-state index in [0.29, 0.717) is 5.41 Å². The van der Waals surface area contributed by atoms with Crippen LogP contribution in [0.2, 0.25) is 12.6 Å². The summed E-state index contributed by atoms with van der Waals surface area (Å²) in [6.07, 6.45) is 3.08. The Morgan fingerprint density at radius 1 is 1.18 bits per heavy atom. The number of hydrogen-bond acceptors (Lipinski definition) is 2. The third-order valence-electron chi connectivity index (χ3n) is 2.81. The fraction of sp³-hybridized carbons (Fsp3) is 1.00. The van der Waals surface area contributed by atoms with Gasteiger partial charge in [0.05, 0.1) is 0 Å². The molecule has 1 saturated heterocycles. The van der Waals surface area contributed by atoms with Gasteiger partial charge >= 0.3 is 0 Å². The van der Waals surface area contributed by atoms with Crippen LogP contribution in [0, 0.1) is 5.41 Å². The first-order valence-electron chi connectivity index (χ1n) is 4.37. The van der Waals surface area contributed by atoms with Crippen LogP contribution in [-0.4, -0.2) is 23.1 Å². The molecule has 0 spiro atoms. The molecule has 0 atom stereocenters. The highest BCUT2D eigenvalue weighted by Crippen LogP contribution is 2.36. The van der Waals surface area contributed by atoms with Crippen LogP contribution >= 0.6 is 0 Å². The van der Waals surface area contributed by atoms with Crippen molar-refractivity contribution in [3.05, 3.63) is 0 Å². The fourth-order valence-electron chi connectivity index (χ4n) is 1.72.